The van der Waals surface area contributed by atoms with E-state index in [1.54, 1.807) is 6.08 Å². The summed E-state index contributed by atoms with van der Waals surface area (Å²) >= 11 is 0. The minimum Gasteiger partial charge on any atom is -0.378 e. The first-order valence-corrected chi connectivity index (χ1v) is 5.59. The molecule has 1 unspecified atom stereocenters. The number of nitrogens with zero attached hydrogens (tertiary/aromatic N) is 1. The molecule has 0 aromatic heterocycles. The number of nitrogens with two attached hydrogens (primary N) is 1. The molecular weight excluding hydrogens is 190 g/mol. The Hall–Kier alpha value is -1.03. The van der Waals surface area contributed by atoms with Crippen LogP contribution in [0.1, 0.15) is 25.7 Å². The Morgan fingerprint density at radius 1 is 1.60 bits per heavy atom. The van der Waals surface area contributed by atoms with Gasteiger partial charge in [0.15, 0.2) is 5.96 Å². The molecule has 1 atom stereocenters. The Kier molecular flexibility index (Phi) is 5.85. The number of guanidine groups is 1. The molecule has 1 fully saturated rings. The molecule has 1 rings (SSSR count). The van der Waals surface area contributed by atoms with E-state index >= 15 is 0 Å². The average molecular weight is 211 g/mol. The number of nitrogens with one attached hydrogen (secondary N) is 1. The maximum Gasteiger partial charge on any atom is 0.188 e. The summed E-state index contributed by atoms with van der Waals surface area (Å²) in [5.74, 6) is 0.491. The minimum atomic E-state index is 0.384. The Morgan fingerprint density at radius 2 is 2.47 bits per heavy atom. The van der Waals surface area contributed by atoms with Gasteiger partial charge in [0.1, 0.15) is 0 Å². The van der Waals surface area contributed by atoms with Crippen molar-refractivity contribution in [1.29, 1.82) is 0 Å². The second-order valence-corrected chi connectivity index (χ2v) is 3.71. The van der Waals surface area contributed by atoms with Gasteiger partial charge in [0.25, 0.3) is 0 Å². The molecule has 1 aliphatic rings. The maximum absolute atomic E-state index is 5.63. The second-order valence-electron chi connectivity index (χ2n) is 3.71. The number of rotatable bonds is 5. The third kappa shape index (κ3) is 5.42. The number of hydrogen-bond acceptors (Lipinski definition) is 2. The summed E-state index contributed by atoms with van der Waals surface area (Å²) in [5, 5.41) is 2.94. The molecule has 0 aliphatic carbocycles. The second kappa shape index (κ2) is 7.29. The quantitative estimate of drug-likeness (QED) is 0.406. The zero-order valence-electron chi connectivity index (χ0n) is 9.24. The van der Waals surface area contributed by atoms with Crippen molar-refractivity contribution in [3.8, 4) is 0 Å². The van der Waals surface area contributed by atoms with Crippen LogP contribution in [0, 0.1) is 0 Å². The van der Waals surface area contributed by atoms with Crippen LogP contribution in [-0.4, -0.2) is 31.8 Å². The topological polar surface area (TPSA) is 59.6 Å². The summed E-state index contributed by atoms with van der Waals surface area (Å²) in [6.07, 6.45) is 6.75. The van der Waals surface area contributed by atoms with Gasteiger partial charge < -0.3 is 15.8 Å². The predicted molar refractivity (Wildman–Crippen MR) is 62.9 cm³/mol. The van der Waals surface area contributed by atoms with E-state index in [4.69, 9.17) is 10.5 Å². The third-order valence-corrected chi connectivity index (χ3v) is 2.43. The van der Waals surface area contributed by atoms with E-state index in [1.165, 1.54) is 12.8 Å². The van der Waals surface area contributed by atoms with Crippen molar-refractivity contribution in [2.45, 2.75) is 31.8 Å². The van der Waals surface area contributed by atoms with Gasteiger partial charge in [-0.15, -0.1) is 6.58 Å². The highest BCUT2D eigenvalue weighted by Crippen LogP contribution is 2.15. The zero-order valence-corrected chi connectivity index (χ0v) is 9.24. The highest BCUT2D eigenvalue weighted by Gasteiger charge is 2.12. The van der Waals surface area contributed by atoms with E-state index in [0.717, 1.165) is 26.0 Å². The van der Waals surface area contributed by atoms with Crippen molar-refractivity contribution in [3.05, 3.63) is 12.7 Å². The molecule has 0 amide bonds. The van der Waals surface area contributed by atoms with Crippen molar-refractivity contribution < 1.29 is 4.74 Å². The lowest BCUT2D eigenvalue weighted by atomic mass is 10.1. The molecule has 1 aliphatic heterocycles. The smallest absolute Gasteiger partial charge is 0.188 e. The molecule has 4 nitrogen and oxygen atoms in total. The maximum atomic E-state index is 5.63. The van der Waals surface area contributed by atoms with Gasteiger partial charge in [-0.25, -0.2) is 0 Å². The van der Waals surface area contributed by atoms with Crippen LogP contribution in [0.15, 0.2) is 17.6 Å². The molecular formula is C11H21N3O. The van der Waals surface area contributed by atoms with E-state index in [1.807, 2.05) is 0 Å². The van der Waals surface area contributed by atoms with Crippen LogP contribution < -0.4 is 11.1 Å². The summed E-state index contributed by atoms with van der Waals surface area (Å²) in [6.45, 7) is 5.89. The fourth-order valence-corrected chi connectivity index (χ4v) is 1.60. The van der Waals surface area contributed by atoms with E-state index in [9.17, 15) is 0 Å². The van der Waals surface area contributed by atoms with E-state index < -0.39 is 0 Å². The van der Waals surface area contributed by atoms with Gasteiger partial charge in [0.05, 0.1) is 6.10 Å². The molecule has 0 aromatic carbocycles. The van der Waals surface area contributed by atoms with Gasteiger partial charge in [0, 0.05) is 19.7 Å². The minimum absolute atomic E-state index is 0.384. The molecule has 4 heteroatoms. The van der Waals surface area contributed by atoms with Gasteiger partial charge in [-0.2, -0.15) is 0 Å². The van der Waals surface area contributed by atoms with Crippen LogP contribution in [0.4, 0.5) is 0 Å². The van der Waals surface area contributed by atoms with Crippen LogP contribution in [0.2, 0.25) is 0 Å². The predicted octanol–water partition coefficient (Wildman–Crippen LogP) is 1.04. The van der Waals surface area contributed by atoms with Crippen LogP contribution in [-0.2, 0) is 4.74 Å². The highest BCUT2D eigenvalue weighted by molar-refractivity contribution is 5.77. The number of ether oxygens (including phenoxy) is 1. The van der Waals surface area contributed by atoms with Crippen molar-refractivity contribution in [1.82, 2.24) is 5.32 Å². The van der Waals surface area contributed by atoms with Gasteiger partial charge in [-0.05, 0) is 25.7 Å². The summed E-state index contributed by atoms with van der Waals surface area (Å²) in [7, 11) is 0. The van der Waals surface area contributed by atoms with Crippen molar-refractivity contribution in [3.63, 3.8) is 0 Å². The first-order valence-electron chi connectivity index (χ1n) is 5.59. The number of hydrogen-bond donors (Lipinski definition) is 2. The lowest BCUT2D eigenvalue weighted by molar-refractivity contribution is 0.0129. The first-order chi connectivity index (χ1) is 7.33. The molecule has 0 spiro atoms. The van der Waals surface area contributed by atoms with Gasteiger partial charge >= 0.3 is 0 Å². The molecule has 1 heterocycles. The van der Waals surface area contributed by atoms with Crippen LogP contribution in [0.25, 0.3) is 0 Å². The zero-order chi connectivity index (χ0) is 10.9. The fourth-order valence-electron chi connectivity index (χ4n) is 1.60. The van der Waals surface area contributed by atoms with E-state index in [-0.39, 0.29) is 0 Å². The van der Waals surface area contributed by atoms with E-state index in [2.05, 4.69) is 16.9 Å². The van der Waals surface area contributed by atoms with Crippen molar-refractivity contribution in [2.75, 3.05) is 19.7 Å². The van der Waals surface area contributed by atoms with Crippen molar-refractivity contribution in [2.24, 2.45) is 10.7 Å². The molecule has 0 saturated carbocycles. The van der Waals surface area contributed by atoms with Crippen LogP contribution in [0.3, 0.4) is 0 Å². The average Bonchev–Trinajstić information content (AvgIpc) is 2.28. The molecule has 3 N–H and O–H groups in total. The standard InChI is InChI=1S/C11H21N3O/c1-2-7-13-11(12)14-8-6-10-5-3-4-9-15-10/h2,10H,1,3-9H2,(H3,12,13,14). The SMILES string of the molecule is C=CCNC(N)=NCCC1CCCCO1. The Morgan fingerprint density at radius 3 is 3.13 bits per heavy atom. The normalized spacial score (nSPS) is 22.4. The molecule has 15 heavy (non-hydrogen) atoms. The van der Waals surface area contributed by atoms with Gasteiger partial charge in [-0.1, -0.05) is 6.08 Å². The summed E-state index contributed by atoms with van der Waals surface area (Å²) < 4.78 is 5.59. The molecule has 0 radical (unpaired) electrons. The van der Waals surface area contributed by atoms with E-state index in [0.29, 0.717) is 18.6 Å². The Balaban J connectivity index is 2.10. The molecule has 1 saturated heterocycles. The largest absolute Gasteiger partial charge is 0.378 e. The van der Waals surface area contributed by atoms with Crippen LogP contribution in [0.5, 0.6) is 0 Å². The lowest BCUT2D eigenvalue weighted by Crippen LogP contribution is -2.32. The third-order valence-electron chi connectivity index (χ3n) is 2.43. The Labute approximate surface area is 91.6 Å². The lowest BCUT2D eigenvalue weighted by Gasteiger charge is -2.21. The summed E-state index contributed by atoms with van der Waals surface area (Å²) in [5.41, 5.74) is 5.63. The van der Waals surface area contributed by atoms with Crippen molar-refractivity contribution >= 4 is 5.96 Å². The fraction of sp³-hybridized carbons (Fsp3) is 0.727. The van der Waals surface area contributed by atoms with Gasteiger partial charge in [0.2, 0.25) is 0 Å². The molecule has 86 valence electrons. The molecule has 0 aromatic rings. The Bertz CT molecular complexity index is 210. The van der Waals surface area contributed by atoms with Crippen LogP contribution >= 0.6 is 0 Å². The monoisotopic (exact) mass is 211 g/mol. The first kappa shape index (κ1) is 12.0. The van der Waals surface area contributed by atoms with Gasteiger partial charge in [-0.3, -0.25) is 4.99 Å². The molecule has 0 bridgehead atoms. The number of aliphatic imine (C=N–C) groups is 1. The highest BCUT2D eigenvalue weighted by atomic mass is 16.5. The summed E-state index contributed by atoms with van der Waals surface area (Å²) in [6, 6.07) is 0. The summed E-state index contributed by atoms with van der Waals surface area (Å²) in [4.78, 5) is 4.21.